The number of rotatable bonds is 5. The maximum absolute atomic E-state index is 13.0. The third-order valence-corrected chi connectivity index (χ3v) is 6.38. The standard InChI is InChI=1S/C25H22N2O4/c1-31-20-10-8-18(9-11-20)26-21(28)12-5-15-3-2-4-19(13-15)27-24(29)22-16-6-7-17(14-16)23(22)25(27)30/h2-13,16-17,22-23H,14H2,1H3,(H,26,28)/b12-5+/t16-,17-,22+,23+/m0/s1. The Morgan fingerprint density at radius 2 is 1.71 bits per heavy atom. The average molecular weight is 414 g/mol. The number of benzene rings is 2. The van der Waals surface area contributed by atoms with Crippen LogP contribution >= 0.6 is 0 Å². The molecule has 6 heteroatoms. The highest BCUT2D eigenvalue weighted by Gasteiger charge is 2.59. The van der Waals surface area contributed by atoms with Gasteiger partial charge >= 0.3 is 0 Å². The molecule has 1 saturated carbocycles. The molecule has 0 unspecified atom stereocenters. The molecule has 1 aliphatic heterocycles. The van der Waals surface area contributed by atoms with Crippen LogP contribution in [0.25, 0.3) is 6.08 Å². The Kier molecular flexibility index (Phi) is 4.70. The van der Waals surface area contributed by atoms with E-state index in [2.05, 4.69) is 17.5 Å². The van der Waals surface area contributed by atoms with Gasteiger partial charge in [0.15, 0.2) is 0 Å². The Morgan fingerprint density at radius 1 is 1.03 bits per heavy atom. The molecule has 0 spiro atoms. The molecular formula is C25H22N2O4. The Bertz CT molecular complexity index is 1090. The number of nitrogens with zero attached hydrogens (tertiary/aromatic N) is 1. The summed E-state index contributed by atoms with van der Waals surface area (Å²) in [7, 11) is 1.58. The molecule has 2 aliphatic carbocycles. The van der Waals surface area contributed by atoms with E-state index in [-0.39, 0.29) is 41.4 Å². The second-order valence-electron chi connectivity index (χ2n) is 8.16. The maximum atomic E-state index is 13.0. The highest BCUT2D eigenvalue weighted by molar-refractivity contribution is 6.22. The molecule has 1 saturated heterocycles. The van der Waals surface area contributed by atoms with Crippen LogP contribution < -0.4 is 15.0 Å². The van der Waals surface area contributed by atoms with Crippen LogP contribution in [-0.2, 0) is 14.4 Å². The zero-order chi connectivity index (χ0) is 21.5. The van der Waals surface area contributed by atoms with Gasteiger partial charge in [-0.05, 0) is 66.3 Å². The maximum Gasteiger partial charge on any atom is 0.248 e. The zero-order valence-electron chi connectivity index (χ0n) is 17.0. The predicted molar refractivity (Wildman–Crippen MR) is 117 cm³/mol. The van der Waals surface area contributed by atoms with Crippen LogP contribution in [0.1, 0.15) is 12.0 Å². The van der Waals surface area contributed by atoms with Crippen LogP contribution in [0.2, 0.25) is 0 Å². The summed E-state index contributed by atoms with van der Waals surface area (Å²) >= 11 is 0. The van der Waals surface area contributed by atoms with Crippen molar-refractivity contribution in [3.05, 3.63) is 72.3 Å². The smallest absolute Gasteiger partial charge is 0.248 e. The van der Waals surface area contributed by atoms with Crippen molar-refractivity contribution in [2.24, 2.45) is 23.7 Å². The number of imide groups is 1. The largest absolute Gasteiger partial charge is 0.497 e. The molecule has 2 aromatic rings. The third-order valence-electron chi connectivity index (χ3n) is 6.38. The van der Waals surface area contributed by atoms with Gasteiger partial charge in [-0.1, -0.05) is 24.3 Å². The second kappa shape index (κ2) is 7.54. The van der Waals surface area contributed by atoms with Crippen LogP contribution in [0, 0.1) is 23.7 Å². The van der Waals surface area contributed by atoms with Gasteiger partial charge in [0, 0.05) is 11.8 Å². The van der Waals surface area contributed by atoms with Gasteiger partial charge in [-0.15, -0.1) is 0 Å². The molecule has 3 aliphatic rings. The minimum Gasteiger partial charge on any atom is -0.497 e. The molecule has 2 fully saturated rings. The van der Waals surface area contributed by atoms with Crippen molar-refractivity contribution in [3.63, 3.8) is 0 Å². The van der Waals surface area contributed by atoms with Crippen LogP contribution in [0.15, 0.2) is 66.8 Å². The van der Waals surface area contributed by atoms with E-state index in [1.54, 1.807) is 55.7 Å². The first-order chi connectivity index (χ1) is 15.0. The van der Waals surface area contributed by atoms with Crippen molar-refractivity contribution in [1.82, 2.24) is 0 Å². The number of carbonyl (C=O) groups excluding carboxylic acids is 3. The van der Waals surface area contributed by atoms with Crippen molar-refractivity contribution >= 4 is 35.2 Å². The fraction of sp³-hybridized carbons (Fsp3) is 0.240. The Labute approximate surface area is 180 Å². The molecule has 1 N–H and O–H groups in total. The summed E-state index contributed by atoms with van der Waals surface area (Å²) in [5, 5.41) is 2.78. The van der Waals surface area contributed by atoms with Crippen LogP contribution in [-0.4, -0.2) is 24.8 Å². The number of nitrogens with one attached hydrogen (secondary N) is 1. The topological polar surface area (TPSA) is 75.7 Å². The number of hydrogen-bond acceptors (Lipinski definition) is 4. The first-order valence-corrected chi connectivity index (χ1v) is 10.3. The lowest BCUT2D eigenvalue weighted by Crippen LogP contribution is -2.32. The minimum atomic E-state index is -0.277. The lowest BCUT2D eigenvalue weighted by molar-refractivity contribution is -0.123. The Morgan fingerprint density at radius 3 is 2.35 bits per heavy atom. The summed E-state index contributed by atoms with van der Waals surface area (Å²) in [5.74, 6) is 0.136. The Balaban J connectivity index is 1.30. The minimum absolute atomic E-state index is 0.106. The molecule has 156 valence electrons. The molecular weight excluding hydrogens is 392 g/mol. The lowest BCUT2D eigenvalue weighted by Gasteiger charge is -2.17. The second-order valence-corrected chi connectivity index (χ2v) is 8.16. The van der Waals surface area contributed by atoms with Gasteiger partial charge in [0.2, 0.25) is 17.7 Å². The summed E-state index contributed by atoms with van der Waals surface area (Å²) in [6.07, 6.45) is 8.17. The van der Waals surface area contributed by atoms with Gasteiger partial charge in [-0.25, -0.2) is 4.90 Å². The van der Waals surface area contributed by atoms with Crippen molar-refractivity contribution in [3.8, 4) is 5.75 Å². The van der Waals surface area contributed by atoms with Gasteiger partial charge in [-0.2, -0.15) is 0 Å². The van der Waals surface area contributed by atoms with Crippen LogP contribution in [0.4, 0.5) is 11.4 Å². The number of ether oxygens (including phenoxy) is 1. The highest BCUT2D eigenvalue weighted by atomic mass is 16.5. The van der Waals surface area contributed by atoms with Crippen LogP contribution in [0.3, 0.4) is 0 Å². The zero-order valence-corrected chi connectivity index (χ0v) is 17.0. The van der Waals surface area contributed by atoms with E-state index < -0.39 is 0 Å². The summed E-state index contributed by atoms with van der Waals surface area (Å²) in [6.45, 7) is 0. The predicted octanol–water partition coefficient (Wildman–Crippen LogP) is 3.66. The quantitative estimate of drug-likeness (QED) is 0.460. The molecule has 1 heterocycles. The monoisotopic (exact) mass is 414 g/mol. The fourth-order valence-electron chi connectivity index (χ4n) is 4.95. The number of carbonyl (C=O) groups is 3. The average Bonchev–Trinajstić information content (AvgIpc) is 3.47. The molecule has 2 bridgehead atoms. The van der Waals surface area contributed by atoms with Gasteiger partial charge in [0.1, 0.15) is 5.75 Å². The number of allylic oxidation sites excluding steroid dienone is 2. The Hall–Kier alpha value is -3.67. The van der Waals surface area contributed by atoms with Crippen molar-refractivity contribution < 1.29 is 19.1 Å². The van der Waals surface area contributed by atoms with E-state index in [0.29, 0.717) is 17.1 Å². The highest BCUT2D eigenvalue weighted by Crippen LogP contribution is 2.53. The van der Waals surface area contributed by atoms with E-state index in [0.717, 1.165) is 12.0 Å². The lowest BCUT2D eigenvalue weighted by atomic mass is 9.85. The van der Waals surface area contributed by atoms with Gasteiger partial charge in [-0.3, -0.25) is 14.4 Å². The number of hydrogen-bond donors (Lipinski definition) is 1. The van der Waals surface area contributed by atoms with Gasteiger partial charge in [0.05, 0.1) is 24.6 Å². The third kappa shape index (κ3) is 3.34. The number of methoxy groups -OCH3 is 1. The molecule has 6 nitrogen and oxygen atoms in total. The van der Waals surface area contributed by atoms with E-state index in [4.69, 9.17) is 4.74 Å². The van der Waals surface area contributed by atoms with Gasteiger partial charge < -0.3 is 10.1 Å². The number of fused-ring (bicyclic) bond motifs is 5. The molecule has 3 amide bonds. The van der Waals surface area contributed by atoms with Crippen LogP contribution in [0.5, 0.6) is 5.75 Å². The van der Waals surface area contributed by atoms with E-state index in [1.807, 2.05) is 6.07 Å². The number of anilines is 2. The molecule has 0 radical (unpaired) electrons. The van der Waals surface area contributed by atoms with E-state index in [9.17, 15) is 14.4 Å². The molecule has 2 aromatic carbocycles. The SMILES string of the molecule is COc1ccc(NC(=O)/C=C/c2cccc(N3C(=O)[C@H]4[C@H](C3=O)[C@H]3C=C[C@H]4C3)c2)cc1. The molecule has 5 rings (SSSR count). The van der Waals surface area contributed by atoms with E-state index in [1.165, 1.54) is 11.0 Å². The summed E-state index contributed by atoms with van der Waals surface area (Å²) in [4.78, 5) is 39.6. The number of amides is 3. The summed E-state index contributed by atoms with van der Waals surface area (Å²) < 4.78 is 5.11. The fourth-order valence-corrected chi connectivity index (χ4v) is 4.95. The van der Waals surface area contributed by atoms with E-state index >= 15 is 0 Å². The summed E-state index contributed by atoms with van der Waals surface area (Å²) in [6, 6.07) is 14.2. The van der Waals surface area contributed by atoms with Crippen molar-refractivity contribution in [2.75, 3.05) is 17.3 Å². The van der Waals surface area contributed by atoms with Gasteiger partial charge in [0.25, 0.3) is 0 Å². The van der Waals surface area contributed by atoms with Crippen molar-refractivity contribution in [2.45, 2.75) is 6.42 Å². The molecule has 0 aromatic heterocycles. The molecule has 4 atom stereocenters. The van der Waals surface area contributed by atoms with Crippen molar-refractivity contribution in [1.29, 1.82) is 0 Å². The first kappa shape index (κ1) is 19.3. The summed E-state index contributed by atoms with van der Waals surface area (Å²) in [5.41, 5.74) is 1.95. The first-order valence-electron chi connectivity index (χ1n) is 10.3. The normalized spacial score (nSPS) is 26.0. The molecule has 31 heavy (non-hydrogen) atoms.